The Balaban J connectivity index is 0.000000433. The maximum Gasteiger partial charge on any atom is 0.264 e. The molecule has 0 saturated carbocycles. The van der Waals surface area contributed by atoms with Crippen molar-refractivity contribution in [3.05, 3.63) is 50.7 Å². The van der Waals surface area contributed by atoms with Crippen LogP contribution in [0.2, 0.25) is 0 Å². The molecular formula is C10H14N6O4S2. The quantitative estimate of drug-likeness (QED) is 0.454. The zero-order valence-corrected chi connectivity index (χ0v) is 13.5. The fourth-order valence-electron chi connectivity index (χ4n) is 1.16. The van der Waals surface area contributed by atoms with Crippen molar-refractivity contribution in [3.63, 3.8) is 0 Å². The zero-order chi connectivity index (χ0) is 17.2. The van der Waals surface area contributed by atoms with Crippen LogP contribution < -0.4 is 0 Å². The second kappa shape index (κ2) is 8.90. The van der Waals surface area contributed by atoms with Gasteiger partial charge in [-0.15, -0.1) is 0 Å². The molecule has 1 rings (SSSR count). The van der Waals surface area contributed by atoms with E-state index >= 15 is 0 Å². The molecule has 0 N–H and O–H groups in total. The highest BCUT2D eigenvalue weighted by atomic mass is 32.2. The molecule has 1 aromatic carbocycles. The monoisotopic (exact) mass is 346 g/mol. The molecule has 120 valence electrons. The number of hydrogen-bond donors (Lipinski definition) is 0. The second-order valence-electron chi connectivity index (χ2n) is 3.92. The zero-order valence-electron chi connectivity index (χ0n) is 11.9. The maximum absolute atomic E-state index is 11.1. The fraction of sp³-hybridized carbons (Fsp3) is 0.400. The lowest BCUT2D eigenvalue weighted by atomic mass is 10.2. The highest BCUT2D eigenvalue weighted by molar-refractivity contribution is 7.90. The predicted molar refractivity (Wildman–Crippen MR) is 80.7 cm³/mol. The summed E-state index contributed by atoms with van der Waals surface area (Å²) < 4.78 is 48.4. The molecule has 22 heavy (non-hydrogen) atoms. The Hall–Kier alpha value is -2.26. The SMILES string of the molecule is CCCS(=O)(=O)N=[N+]=[N-].Cc1ccc(S(=O)(=O)N=[N+]=[N-])cc1. The number of benzene rings is 1. The first-order chi connectivity index (χ1) is 10.2. The number of sulfonamides is 2. The normalized spacial score (nSPS) is 10.5. The van der Waals surface area contributed by atoms with Gasteiger partial charge in [-0.1, -0.05) is 24.6 Å². The van der Waals surface area contributed by atoms with E-state index in [0.29, 0.717) is 6.42 Å². The standard InChI is InChI=1S/C7H7N3O2S.C3H7N3O2S/c1-6-2-4-7(5-3-6)13(11,12)10-9-8;1-2-3-9(7,8)6-5-4/h2-5H,1H3;2-3H2,1H3. The van der Waals surface area contributed by atoms with Gasteiger partial charge in [-0.2, -0.15) is 0 Å². The van der Waals surface area contributed by atoms with E-state index in [4.69, 9.17) is 11.1 Å². The summed E-state index contributed by atoms with van der Waals surface area (Å²) in [5, 5.41) is 0. The molecule has 1 aromatic rings. The summed E-state index contributed by atoms with van der Waals surface area (Å²) in [5.74, 6) is -0.0724. The van der Waals surface area contributed by atoms with Crippen LogP contribution in [0.15, 0.2) is 38.2 Å². The van der Waals surface area contributed by atoms with E-state index in [-0.39, 0.29) is 10.6 Å². The minimum atomic E-state index is -3.82. The average molecular weight is 346 g/mol. The van der Waals surface area contributed by atoms with E-state index in [1.807, 2.05) is 6.92 Å². The third-order valence-electron chi connectivity index (χ3n) is 2.09. The highest BCUT2D eigenvalue weighted by Gasteiger charge is 2.10. The van der Waals surface area contributed by atoms with Crippen LogP contribution >= 0.6 is 0 Å². The number of rotatable bonds is 5. The lowest BCUT2D eigenvalue weighted by Crippen LogP contribution is -1.98. The van der Waals surface area contributed by atoms with Gasteiger partial charge < -0.3 is 0 Å². The molecule has 0 aromatic heterocycles. The largest absolute Gasteiger partial charge is 0.264 e. The van der Waals surface area contributed by atoms with Crippen molar-refractivity contribution in [2.24, 2.45) is 9.04 Å². The first-order valence-electron chi connectivity index (χ1n) is 5.85. The molecule has 0 heterocycles. The molecule has 0 aliphatic rings. The fourth-order valence-corrected chi connectivity index (χ4v) is 2.54. The molecule has 0 aliphatic carbocycles. The second-order valence-corrected chi connectivity index (χ2v) is 7.24. The van der Waals surface area contributed by atoms with E-state index in [9.17, 15) is 16.8 Å². The number of nitrogens with zero attached hydrogens (tertiary/aromatic N) is 6. The van der Waals surface area contributed by atoms with Crippen molar-refractivity contribution >= 4 is 20.0 Å². The molecule has 0 atom stereocenters. The van der Waals surface area contributed by atoms with Gasteiger partial charge >= 0.3 is 0 Å². The van der Waals surface area contributed by atoms with Crippen LogP contribution in [-0.2, 0) is 20.0 Å². The Bertz CT molecular complexity index is 788. The number of hydrogen-bond acceptors (Lipinski definition) is 4. The van der Waals surface area contributed by atoms with Crippen LogP contribution in [0, 0.1) is 6.92 Å². The van der Waals surface area contributed by atoms with Crippen molar-refractivity contribution in [3.8, 4) is 0 Å². The smallest absolute Gasteiger partial charge is 0.221 e. The van der Waals surface area contributed by atoms with Crippen LogP contribution in [0.1, 0.15) is 18.9 Å². The predicted octanol–water partition coefficient (Wildman–Crippen LogP) is 3.03. The summed E-state index contributed by atoms with van der Waals surface area (Å²) in [7, 11) is -7.29. The topological polar surface area (TPSA) is 166 Å². The first-order valence-corrected chi connectivity index (χ1v) is 8.90. The lowest BCUT2D eigenvalue weighted by molar-refractivity contribution is 0.595. The first kappa shape index (κ1) is 19.7. The molecule has 0 unspecified atom stereocenters. The molecule has 12 heteroatoms. The van der Waals surface area contributed by atoms with Crippen molar-refractivity contribution in [1.29, 1.82) is 0 Å². The minimum Gasteiger partial charge on any atom is -0.221 e. The molecule has 0 spiro atoms. The number of aryl methyl sites for hydroxylation is 1. The Morgan fingerprint density at radius 2 is 1.50 bits per heavy atom. The van der Waals surface area contributed by atoms with E-state index in [0.717, 1.165) is 5.56 Å². The average Bonchev–Trinajstić information content (AvgIpc) is 2.39. The summed E-state index contributed by atoms with van der Waals surface area (Å²) >= 11 is 0. The minimum absolute atomic E-state index is 0.0101. The van der Waals surface area contributed by atoms with Crippen molar-refractivity contribution in [1.82, 2.24) is 0 Å². The summed E-state index contributed by atoms with van der Waals surface area (Å²) in [6.07, 6.45) is 0.474. The van der Waals surface area contributed by atoms with Crippen molar-refractivity contribution in [2.75, 3.05) is 5.75 Å². The van der Waals surface area contributed by atoms with Crippen LogP contribution in [-0.4, -0.2) is 22.6 Å². The van der Waals surface area contributed by atoms with E-state index in [1.54, 1.807) is 19.1 Å². The Kier molecular flexibility index (Phi) is 7.99. The molecule has 0 fully saturated rings. The third kappa shape index (κ3) is 7.50. The van der Waals surface area contributed by atoms with Crippen LogP contribution in [0.4, 0.5) is 0 Å². The van der Waals surface area contributed by atoms with Gasteiger partial charge in [-0.25, -0.2) is 16.8 Å². The molecule has 0 bridgehead atoms. The van der Waals surface area contributed by atoms with Gasteiger partial charge in [0.15, 0.2) is 0 Å². The number of azide groups is 2. The van der Waals surface area contributed by atoms with Crippen LogP contribution in [0.3, 0.4) is 0 Å². The molecule has 0 aliphatic heterocycles. The Labute approximate surface area is 128 Å². The van der Waals surface area contributed by atoms with Gasteiger partial charge in [-0.3, -0.25) is 0 Å². The molecular weight excluding hydrogens is 332 g/mol. The van der Waals surface area contributed by atoms with Crippen molar-refractivity contribution in [2.45, 2.75) is 25.2 Å². The van der Waals surface area contributed by atoms with Crippen LogP contribution in [0.5, 0.6) is 0 Å². The summed E-state index contributed by atoms with van der Waals surface area (Å²) in [4.78, 5) is 4.42. The van der Waals surface area contributed by atoms with Gasteiger partial charge in [-0.05, 0) is 36.5 Å². The summed E-state index contributed by atoms with van der Waals surface area (Å²) in [6.45, 7) is 3.54. The summed E-state index contributed by atoms with van der Waals surface area (Å²) in [5.41, 5.74) is 16.6. The van der Waals surface area contributed by atoms with Crippen LogP contribution in [0.25, 0.3) is 20.9 Å². The van der Waals surface area contributed by atoms with E-state index < -0.39 is 20.0 Å². The molecule has 0 amide bonds. The molecule has 10 nitrogen and oxygen atoms in total. The maximum atomic E-state index is 11.1. The van der Waals surface area contributed by atoms with E-state index in [1.165, 1.54) is 12.1 Å². The Morgan fingerprint density at radius 1 is 1.00 bits per heavy atom. The van der Waals surface area contributed by atoms with Gasteiger partial charge in [0.2, 0.25) is 10.0 Å². The molecule has 0 saturated heterocycles. The van der Waals surface area contributed by atoms with Gasteiger partial charge in [0.1, 0.15) is 0 Å². The molecule has 0 radical (unpaired) electrons. The van der Waals surface area contributed by atoms with E-state index in [2.05, 4.69) is 18.9 Å². The van der Waals surface area contributed by atoms with Gasteiger partial charge in [0, 0.05) is 18.9 Å². The van der Waals surface area contributed by atoms with Crippen molar-refractivity contribution < 1.29 is 16.8 Å². The Morgan fingerprint density at radius 3 is 1.91 bits per heavy atom. The van der Waals surface area contributed by atoms with Gasteiger partial charge in [0.05, 0.1) is 10.6 Å². The highest BCUT2D eigenvalue weighted by Crippen LogP contribution is 2.12. The van der Waals surface area contributed by atoms with Gasteiger partial charge in [0.25, 0.3) is 10.0 Å². The lowest BCUT2D eigenvalue weighted by Gasteiger charge is -1.96. The summed E-state index contributed by atoms with van der Waals surface area (Å²) in [6, 6.07) is 6.08. The third-order valence-corrected chi connectivity index (χ3v) is 4.49.